The third-order valence-electron chi connectivity index (χ3n) is 4.17. The summed E-state index contributed by atoms with van der Waals surface area (Å²) < 4.78 is 31.5. The first-order valence-corrected chi connectivity index (χ1v) is 10.3. The van der Waals surface area contributed by atoms with Crippen molar-refractivity contribution in [1.82, 2.24) is 9.21 Å². The molecule has 138 valence electrons. The zero-order chi connectivity index (χ0) is 18.7. The van der Waals surface area contributed by atoms with Gasteiger partial charge in [0.15, 0.2) is 0 Å². The van der Waals surface area contributed by atoms with E-state index in [1.54, 1.807) is 11.0 Å². The Morgan fingerprint density at radius 2 is 1.69 bits per heavy atom. The van der Waals surface area contributed by atoms with Crippen LogP contribution >= 0.6 is 11.3 Å². The van der Waals surface area contributed by atoms with E-state index in [-0.39, 0.29) is 29.5 Å². The molecular weight excluding hydrogens is 376 g/mol. The largest absolute Gasteiger partial charge is 0.465 e. The summed E-state index contributed by atoms with van der Waals surface area (Å²) in [5, 5.41) is 1.84. The Morgan fingerprint density at radius 1 is 1.04 bits per heavy atom. The maximum absolute atomic E-state index is 12.8. The summed E-state index contributed by atoms with van der Waals surface area (Å²) >= 11 is 1.37. The number of piperazine rings is 1. The van der Waals surface area contributed by atoms with Crippen molar-refractivity contribution in [2.24, 2.45) is 0 Å². The second-order valence-corrected chi connectivity index (χ2v) is 8.58. The van der Waals surface area contributed by atoms with Crippen LogP contribution in [0.5, 0.6) is 0 Å². The molecule has 0 bridgehead atoms. The number of carbonyl (C=O) groups excluding carboxylic acids is 2. The zero-order valence-corrected chi connectivity index (χ0v) is 15.8. The molecule has 1 amide bonds. The van der Waals surface area contributed by atoms with E-state index in [4.69, 9.17) is 0 Å². The quantitative estimate of drug-likeness (QED) is 0.737. The highest BCUT2D eigenvalue weighted by atomic mass is 32.2. The SMILES string of the molecule is COC(=O)c1ccc(S(=O)(=O)N2CCN(C(=O)c3cccs3)CC2)cc1. The molecule has 9 heteroatoms. The molecule has 1 aromatic carbocycles. The summed E-state index contributed by atoms with van der Waals surface area (Å²) in [6.07, 6.45) is 0. The Morgan fingerprint density at radius 3 is 2.23 bits per heavy atom. The van der Waals surface area contributed by atoms with E-state index >= 15 is 0 Å². The van der Waals surface area contributed by atoms with Crippen LogP contribution in [0.1, 0.15) is 20.0 Å². The maximum atomic E-state index is 12.8. The molecule has 0 atom stereocenters. The number of ether oxygens (including phenoxy) is 1. The number of carbonyl (C=O) groups is 2. The first-order chi connectivity index (χ1) is 12.4. The highest BCUT2D eigenvalue weighted by Gasteiger charge is 2.30. The molecule has 26 heavy (non-hydrogen) atoms. The van der Waals surface area contributed by atoms with Crippen molar-refractivity contribution in [1.29, 1.82) is 0 Å². The van der Waals surface area contributed by atoms with Crippen LogP contribution in [-0.2, 0) is 14.8 Å². The van der Waals surface area contributed by atoms with Gasteiger partial charge in [-0.3, -0.25) is 4.79 Å². The zero-order valence-electron chi connectivity index (χ0n) is 14.1. The van der Waals surface area contributed by atoms with Gasteiger partial charge in [-0.2, -0.15) is 4.31 Å². The minimum Gasteiger partial charge on any atom is -0.465 e. The number of thiophene rings is 1. The van der Waals surface area contributed by atoms with Crippen LogP contribution in [0.2, 0.25) is 0 Å². The van der Waals surface area contributed by atoms with E-state index in [1.807, 2.05) is 11.4 Å². The highest BCUT2D eigenvalue weighted by Crippen LogP contribution is 2.20. The number of rotatable bonds is 4. The van der Waals surface area contributed by atoms with Crippen LogP contribution in [0.3, 0.4) is 0 Å². The molecule has 0 unspecified atom stereocenters. The van der Waals surface area contributed by atoms with Gasteiger partial charge in [0, 0.05) is 26.2 Å². The average molecular weight is 394 g/mol. The van der Waals surface area contributed by atoms with E-state index in [9.17, 15) is 18.0 Å². The molecule has 1 aliphatic rings. The Bertz CT molecular complexity index is 884. The van der Waals surface area contributed by atoms with Gasteiger partial charge in [-0.1, -0.05) is 6.07 Å². The normalized spacial score (nSPS) is 15.7. The molecule has 0 spiro atoms. The minimum absolute atomic E-state index is 0.0699. The van der Waals surface area contributed by atoms with Crippen LogP contribution in [0.15, 0.2) is 46.7 Å². The van der Waals surface area contributed by atoms with E-state index in [0.717, 1.165) is 0 Å². The van der Waals surface area contributed by atoms with Crippen molar-refractivity contribution in [3.8, 4) is 0 Å². The average Bonchev–Trinajstić information content (AvgIpc) is 3.21. The van der Waals surface area contributed by atoms with Gasteiger partial charge < -0.3 is 9.64 Å². The molecule has 1 aliphatic heterocycles. The Kier molecular flexibility index (Phi) is 5.40. The molecule has 0 radical (unpaired) electrons. The van der Waals surface area contributed by atoms with Crippen molar-refractivity contribution in [2.75, 3.05) is 33.3 Å². The van der Waals surface area contributed by atoms with Crippen molar-refractivity contribution >= 4 is 33.2 Å². The number of amides is 1. The van der Waals surface area contributed by atoms with Crippen molar-refractivity contribution in [3.05, 3.63) is 52.2 Å². The molecule has 7 nitrogen and oxygen atoms in total. The van der Waals surface area contributed by atoms with Crippen LogP contribution < -0.4 is 0 Å². The van der Waals surface area contributed by atoms with Crippen molar-refractivity contribution in [3.63, 3.8) is 0 Å². The fourth-order valence-electron chi connectivity index (χ4n) is 2.72. The Labute approximate surface area is 155 Å². The number of esters is 1. The maximum Gasteiger partial charge on any atom is 0.337 e. The fraction of sp³-hybridized carbons (Fsp3) is 0.294. The van der Waals surface area contributed by atoms with Gasteiger partial charge in [0.2, 0.25) is 10.0 Å². The summed E-state index contributed by atoms with van der Waals surface area (Å²) in [4.78, 5) is 26.2. The molecule has 2 aromatic rings. The number of methoxy groups -OCH3 is 1. The van der Waals surface area contributed by atoms with Gasteiger partial charge in [-0.15, -0.1) is 11.3 Å². The molecule has 1 aromatic heterocycles. The van der Waals surface area contributed by atoms with Crippen LogP contribution in [0, 0.1) is 0 Å². The van der Waals surface area contributed by atoms with Gasteiger partial charge in [0.1, 0.15) is 0 Å². The van der Waals surface area contributed by atoms with Gasteiger partial charge >= 0.3 is 5.97 Å². The first-order valence-electron chi connectivity index (χ1n) is 7.95. The predicted molar refractivity (Wildman–Crippen MR) is 96.8 cm³/mol. The monoisotopic (exact) mass is 394 g/mol. The second kappa shape index (κ2) is 7.56. The number of hydrogen-bond acceptors (Lipinski definition) is 6. The third-order valence-corrected chi connectivity index (χ3v) is 6.94. The molecule has 1 saturated heterocycles. The van der Waals surface area contributed by atoms with E-state index in [2.05, 4.69) is 4.74 Å². The van der Waals surface area contributed by atoms with E-state index in [0.29, 0.717) is 18.0 Å². The lowest BCUT2D eigenvalue weighted by Gasteiger charge is -2.33. The topological polar surface area (TPSA) is 84.0 Å². The smallest absolute Gasteiger partial charge is 0.337 e. The van der Waals surface area contributed by atoms with Gasteiger partial charge in [0.25, 0.3) is 5.91 Å². The lowest BCUT2D eigenvalue weighted by atomic mass is 10.2. The highest BCUT2D eigenvalue weighted by molar-refractivity contribution is 7.89. The number of hydrogen-bond donors (Lipinski definition) is 0. The Hall–Kier alpha value is -2.23. The van der Waals surface area contributed by atoms with Crippen LogP contribution in [0.25, 0.3) is 0 Å². The second-order valence-electron chi connectivity index (χ2n) is 5.69. The predicted octanol–water partition coefficient (Wildman–Crippen LogP) is 1.68. The molecule has 0 saturated carbocycles. The Balaban J connectivity index is 1.68. The minimum atomic E-state index is -3.67. The number of benzene rings is 1. The van der Waals surface area contributed by atoms with Crippen LogP contribution in [0.4, 0.5) is 0 Å². The first kappa shape index (κ1) is 18.6. The summed E-state index contributed by atoms with van der Waals surface area (Å²) in [6, 6.07) is 9.22. The van der Waals surface area contributed by atoms with E-state index in [1.165, 1.54) is 47.0 Å². The molecule has 0 aliphatic carbocycles. The molecule has 1 fully saturated rings. The summed E-state index contributed by atoms with van der Waals surface area (Å²) in [5.74, 6) is -0.589. The lowest BCUT2D eigenvalue weighted by molar-refractivity contribution is 0.0600. The summed E-state index contributed by atoms with van der Waals surface area (Å²) in [6.45, 7) is 1.16. The molecule has 0 N–H and O–H groups in total. The molecule has 2 heterocycles. The fourth-order valence-corrected chi connectivity index (χ4v) is 4.83. The summed E-state index contributed by atoms with van der Waals surface area (Å²) in [7, 11) is -2.40. The standard InChI is InChI=1S/C17H18N2O5S2/c1-24-17(21)13-4-6-14(7-5-13)26(22,23)19-10-8-18(9-11-19)16(20)15-3-2-12-25-15/h2-7,12H,8-11H2,1H3. The lowest BCUT2D eigenvalue weighted by Crippen LogP contribution is -2.50. The van der Waals surface area contributed by atoms with Crippen LogP contribution in [-0.4, -0.2) is 62.8 Å². The van der Waals surface area contributed by atoms with E-state index < -0.39 is 16.0 Å². The van der Waals surface area contributed by atoms with Crippen molar-refractivity contribution in [2.45, 2.75) is 4.90 Å². The third kappa shape index (κ3) is 3.64. The molecular formula is C17H18N2O5S2. The van der Waals surface area contributed by atoms with Gasteiger partial charge in [0.05, 0.1) is 22.4 Å². The number of sulfonamides is 1. The summed E-state index contributed by atoms with van der Waals surface area (Å²) in [5.41, 5.74) is 0.290. The molecule has 3 rings (SSSR count). The van der Waals surface area contributed by atoms with Gasteiger partial charge in [-0.05, 0) is 35.7 Å². The number of nitrogens with zero attached hydrogens (tertiary/aromatic N) is 2. The van der Waals surface area contributed by atoms with Gasteiger partial charge in [-0.25, -0.2) is 13.2 Å². The van der Waals surface area contributed by atoms with Crippen molar-refractivity contribution < 1.29 is 22.7 Å².